The maximum atomic E-state index is 12.7. The van der Waals surface area contributed by atoms with Crippen LogP contribution in [0.4, 0.5) is 19.1 Å². The van der Waals surface area contributed by atoms with Gasteiger partial charge in [0.1, 0.15) is 11.4 Å². The summed E-state index contributed by atoms with van der Waals surface area (Å²) in [5, 5.41) is 28.4. The van der Waals surface area contributed by atoms with Crippen molar-refractivity contribution in [2.24, 2.45) is 0 Å². The normalized spacial score (nSPS) is 11.4. The maximum absolute atomic E-state index is 12.7. The highest BCUT2D eigenvalue weighted by Crippen LogP contribution is 2.36. The van der Waals surface area contributed by atoms with Gasteiger partial charge in [-0.2, -0.15) is 23.4 Å². The summed E-state index contributed by atoms with van der Waals surface area (Å²) in [6.07, 6.45) is -2.99. The Balaban J connectivity index is 1.81. The molecule has 0 aliphatic rings. The zero-order chi connectivity index (χ0) is 18.7. The van der Waals surface area contributed by atoms with Gasteiger partial charge in [-0.3, -0.25) is 0 Å². The number of phenolic OH excluding ortho intramolecular Hbond substituents is 1. The van der Waals surface area contributed by atoms with Crippen LogP contribution in [0.2, 0.25) is 0 Å². The lowest BCUT2D eigenvalue weighted by Gasteiger charge is -2.11. The zero-order valence-electron chi connectivity index (χ0n) is 13.5. The summed E-state index contributed by atoms with van der Waals surface area (Å²) in [5.74, 6) is -0.317. The zero-order valence-corrected chi connectivity index (χ0v) is 13.5. The molecule has 0 saturated carbocycles. The van der Waals surface area contributed by atoms with Gasteiger partial charge in [0.25, 0.3) is 0 Å². The number of aromatic nitrogens is 5. The van der Waals surface area contributed by atoms with E-state index in [0.717, 1.165) is 12.1 Å². The van der Waals surface area contributed by atoms with Crippen LogP contribution in [0.25, 0.3) is 11.3 Å². The molecule has 0 amide bonds. The Morgan fingerprint density at radius 2 is 1.92 bits per heavy atom. The van der Waals surface area contributed by atoms with Gasteiger partial charge in [-0.15, -0.1) is 10.2 Å². The van der Waals surface area contributed by atoms with Crippen LogP contribution in [0.15, 0.2) is 36.5 Å². The van der Waals surface area contributed by atoms with Crippen molar-refractivity contribution >= 4 is 5.95 Å². The third-order valence-electron chi connectivity index (χ3n) is 3.50. The van der Waals surface area contributed by atoms with Crippen molar-refractivity contribution in [1.29, 1.82) is 0 Å². The minimum absolute atomic E-state index is 0.121. The molecule has 7 nitrogen and oxygen atoms in total. The van der Waals surface area contributed by atoms with E-state index in [-0.39, 0.29) is 17.2 Å². The molecule has 1 aromatic carbocycles. The van der Waals surface area contributed by atoms with Gasteiger partial charge in [0.05, 0.1) is 23.5 Å². The third kappa shape index (κ3) is 3.85. The molecule has 2 aromatic heterocycles. The Hall–Kier alpha value is -3.30. The number of phenols is 1. The van der Waals surface area contributed by atoms with E-state index in [0.29, 0.717) is 24.0 Å². The van der Waals surface area contributed by atoms with E-state index in [4.69, 9.17) is 0 Å². The van der Waals surface area contributed by atoms with E-state index in [2.05, 4.69) is 30.7 Å². The van der Waals surface area contributed by atoms with E-state index in [1.165, 1.54) is 0 Å². The van der Waals surface area contributed by atoms with Crippen molar-refractivity contribution in [3.8, 4) is 17.0 Å². The molecule has 10 heteroatoms. The molecule has 0 spiro atoms. The molecule has 0 radical (unpaired) electrons. The molecule has 0 aliphatic carbocycles. The number of halogens is 3. The number of benzene rings is 1. The minimum atomic E-state index is -4.54. The summed E-state index contributed by atoms with van der Waals surface area (Å²) in [6.45, 7) is 1.95. The minimum Gasteiger partial charge on any atom is -0.507 e. The maximum Gasteiger partial charge on any atom is 0.416 e. The second-order valence-corrected chi connectivity index (χ2v) is 5.37. The lowest BCUT2D eigenvalue weighted by Crippen LogP contribution is -2.08. The molecule has 3 aromatic rings. The van der Waals surface area contributed by atoms with Crippen LogP contribution < -0.4 is 5.32 Å². The quantitative estimate of drug-likeness (QED) is 0.736. The molecule has 134 valence electrons. The summed E-state index contributed by atoms with van der Waals surface area (Å²) < 4.78 is 38.1. The smallest absolute Gasteiger partial charge is 0.416 e. The molecule has 0 aliphatic heterocycles. The van der Waals surface area contributed by atoms with Gasteiger partial charge < -0.3 is 10.4 Å². The Kier molecular flexibility index (Phi) is 4.65. The summed E-state index contributed by atoms with van der Waals surface area (Å²) in [4.78, 5) is 4.21. The summed E-state index contributed by atoms with van der Waals surface area (Å²) in [6, 6.07) is 6.18. The van der Waals surface area contributed by atoms with Crippen LogP contribution in [0.1, 0.15) is 17.0 Å². The monoisotopic (exact) mass is 362 g/mol. The van der Waals surface area contributed by atoms with Crippen molar-refractivity contribution in [1.82, 2.24) is 25.4 Å². The fourth-order valence-electron chi connectivity index (χ4n) is 2.23. The number of hydrogen-bond acceptors (Lipinski definition) is 7. The van der Waals surface area contributed by atoms with E-state index < -0.39 is 17.5 Å². The number of nitrogens with zero attached hydrogens (tertiary/aromatic N) is 5. The SMILES string of the molecule is Cc1nc(NCc2cccnn2)nnc1-c1ccc(C(F)(F)F)cc1O. The largest absolute Gasteiger partial charge is 0.507 e. The van der Waals surface area contributed by atoms with Crippen LogP contribution in [0, 0.1) is 6.92 Å². The first-order valence-corrected chi connectivity index (χ1v) is 7.47. The van der Waals surface area contributed by atoms with Gasteiger partial charge in [0, 0.05) is 11.8 Å². The van der Waals surface area contributed by atoms with E-state index in [1.54, 1.807) is 25.3 Å². The molecule has 3 rings (SSSR count). The molecule has 0 saturated heterocycles. The number of aromatic hydroxyl groups is 1. The average molecular weight is 362 g/mol. The molecule has 0 fully saturated rings. The molecule has 0 atom stereocenters. The molecule has 0 bridgehead atoms. The van der Waals surface area contributed by atoms with Crippen molar-refractivity contribution in [3.63, 3.8) is 0 Å². The fraction of sp³-hybridized carbons (Fsp3) is 0.188. The molecular weight excluding hydrogens is 349 g/mol. The number of rotatable bonds is 4. The molecule has 26 heavy (non-hydrogen) atoms. The Labute approximate surface area is 146 Å². The summed E-state index contributed by atoms with van der Waals surface area (Å²) >= 11 is 0. The highest BCUT2D eigenvalue weighted by atomic mass is 19.4. The lowest BCUT2D eigenvalue weighted by molar-refractivity contribution is -0.137. The van der Waals surface area contributed by atoms with Gasteiger partial charge in [-0.25, -0.2) is 4.98 Å². The predicted octanol–water partition coefficient (Wildman–Crippen LogP) is 2.97. The van der Waals surface area contributed by atoms with Gasteiger partial charge in [0.15, 0.2) is 0 Å². The number of anilines is 1. The van der Waals surface area contributed by atoms with Crippen LogP contribution >= 0.6 is 0 Å². The first kappa shape index (κ1) is 17.5. The number of hydrogen-bond donors (Lipinski definition) is 2. The van der Waals surface area contributed by atoms with Gasteiger partial charge in [-0.05, 0) is 37.3 Å². The average Bonchev–Trinajstić information content (AvgIpc) is 2.60. The van der Waals surface area contributed by atoms with E-state index >= 15 is 0 Å². The van der Waals surface area contributed by atoms with Crippen LogP contribution in [0.5, 0.6) is 5.75 Å². The van der Waals surface area contributed by atoms with E-state index in [1.807, 2.05) is 0 Å². The lowest BCUT2D eigenvalue weighted by atomic mass is 10.1. The topological polar surface area (TPSA) is 96.7 Å². The van der Waals surface area contributed by atoms with Gasteiger partial charge >= 0.3 is 6.18 Å². The first-order valence-electron chi connectivity index (χ1n) is 7.47. The Bertz CT molecular complexity index is 918. The van der Waals surface area contributed by atoms with E-state index in [9.17, 15) is 18.3 Å². The summed E-state index contributed by atoms with van der Waals surface area (Å²) in [5.41, 5.74) is 0.451. The van der Waals surface area contributed by atoms with Gasteiger partial charge in [-0.1, -0.05) is 0 Å². The Morgan fingerprint density at radius 3 is 2.54 bits per heavy atom. The third-order valence-corrected chi connectivity index (χ3v) is 3.50. The molecular formula is C16H13F3N6O. The number of aryl methyl sites for hydroxylation is 1. The molecule has 2 N–H and O–H groups in total. The van der Waals surface area contributed by atoms with Crippen LogP contribution in [-0.4, -0.2) is 30.5 Å². The molecule has 0 unspecified atom stereocenters. The van der Waals surface area contributed by atoms with Crippen LogP contribution in [0.3, 0.4) is 0 Å². The van der Waals surface area contributed by atoms with Gasteiger partial charge in [0.2, 0.25) is 5.95 Å². The fourth-order valence-corrected chi connectivity index (χ4v) is 2.23. The highest BCUT2D eigenvalue weighted by molar-refractivity contribution is 5.69. The second-order valence-electron chi connectivity index (χ2n) is 5.37. The van der Waals surface area contributed by atoms with Crippen molar-refractivity contribution < 1.29 is 18.3 Å². The predicted molar refractivity (Wildman–Crippen MR) is 86.0 cm³/mol. The number of alkyl halides is 3. The number of nitrogens with one attached hydrogen (secondary N) is 1. The van der Waals surface area contributed by atoms with Crippen molar-refractivity contribution in [2.75, 3.05) is 5.32 Å². The first-order chi connectivity index (χ1) is 12.3. The van der Waals surface area contributed by atoms with Crippen LogP contribution in [-0.2, 0) is 12.7 Å². The summed E-state index contributed by atoms with van der Waals surface area (Å²) in [7, 11) is 0. The van der Waals surface area contributed by atoms with Crippen molar-refractivity contribution in [2.45, 2.75) is 19.6 Å². The Morgan fingerprint density at radius 1 is 1.12 bits per heavy atom. The molecule has 2 heterocycles. The van der Waals surface area contributed by atoms with Crippen molar-refractivity contribution in [3.05, 3.63) is 53.5 Å². The highest BCUT2D eigenvalue weighted by Gasteiger charge is 2.31. The standard InChI is InChI=1S/C16H13F3N6O/c1-9-14(12-5-4-10(7-13(12)26)16(17,18)19)24-25-15(22-9)20-8-11-3-2-6-21-23-11/h2-7,26H,8H2,1H3,(H,20,22,25). The second kappa shape index (κ2) is 6.90.